The fourth-order valence-electron chi connectivity index (χ4n) is 5.34. The predicted octanol–water partition coefficient (Wildman–Crippen LogP) is 3.89. The molecule has 6 atom stereocenters. The van der Waals surface area contributed by atoms with Crippen LogP contribution in [0.3, 0.4) is 0 Å². The molecule has 1 aromatic carbocycles. The first-order valence-corrected chi connectivity index (χ1v) is 18.8. The van der Waals surface area contributed by atoms with Crippen molar-refractivity contribution in [3.63, 3.8) is 0 Å². The summed E-state index contributed by atoms with van der Waals surface area (Å²) in [7, 11) is -2.18. The number of rotatable bonds is 11. The van der Waals surface area contributed by atoms with Crippen LogP contribution in [-0.4, -0.2) is 96.8 Å². The van der Waals surface area contributed by atoms with Crippen molar-refractivity contribution in [2.75, 3.05) is 26.2 Å². The Hall–Kier alpha value is -2.72. The van der Waals surface area contributed by atoms with Crippen LogP contribution in [0, 0.1) is 16.0 Å². The number of piperazine rings is 1. The second-order valence-corrected chi connectivity index (χ2v) is 18.8. The maximum absolute atomic E-state index is 13.6. The van der Waals surface area contributed by atoms with Crippen molar-refractivity contribution in [2.24, 2.45) is 5.92 Å². The SMILES string of the molecule is CC(=O)OC(C)C1CNCCN1NC(=O)C(C)C(S)[C@@H]1C[C@H](O[Si](C)(C)C(C)(C)C)CN1C(=O)OCc1ccc([N+](=O)[O-])cc1. The van der Waals surface area contributed by atoms with Gasteiger partial charge in [-0.2, -0.15) is 12.6 Å². The summed E-state index contributed by atoms with van der Waals surface area (Å²) in [6, 6.07) is 5.13. The summed E-state index contributed by atoms with van der Waals surface area (Å²) in [5, 5.41) is 15.5. The number of non-ortho nitro benzene ring substituents is 1. The number of nitro benzene ring substituents is 1. The number of ether oxygens (including phenoxy) is 2. The minimum Gasteiger partial charge on any atom is -0.461 e. The van der Waals surface area contributed by atoms with Gasteiger partial charge in [0.2, 0.25) is 5.91 Å². The molecular formula is C30H49N5O8SSi. The van der Waals surface area contributed by atoms with Crippen LogP contribution in [0.25, 0.3) is 0 Å². The van der Waals surface area contributed by atoms with Crippen LogP contribution in [-0.2, 0) is 30.1 Å². The Morgan fingerprint density at radius 2 is 1.82 bits per heavy atom. The highest BCUT2D eigenvalue weighted by molar-refractivity contribution is 7.81. The van der Waals surface area contributed by atoms with Crippen LogP contribution in [0.1, 0.15) is 53.5 Å². The van der Waals surface area contributed by atoms with E-state index in [-0.39, 0.29) is 41.4 Å². The number of thiol groups is 1. The van der Waals surface area contributed by atoms with E-state index in [2.05, 4.69) is 44.6 Å². The molecule has 0 radical (unpaired) electrons. The van der Waals surface area contributed by atoms with E-state index in [0.29, 0.717) is 38.2 Å². The average molecular weight is 668 g/mol. The molecule has 2 heterocycles. The highest BCUT2D eigenvalue weighted by atomic mass is 32.1. The van der Waals surface area contributed by atoms with Gasteiger partial charge in [-0.15, -0.1) is 0 Å². The Kier molecular flexibility index (Phi) is 12.4. The van der Waals surface area contributed by atoms with Gasteiger partial charge in [0.05, 0.1) is 23.0 Å². The first kappa shape index (κ1) is 36.7. The van der Waals surface area contributed by atoms with Crippen molar-refractivity contribution in [3.8, 4) is 0 Å². The van der Waals surface area contributed by atoms with Gasteiger partial charge in [-0.25, -0.2) is 9.80 Å². The molecule has 2 amide bonds. The Morgan fingerprint density at radius 3 is 2.40 bits per heavy atom. The Labute approximate surface area is 272 Å². The van der Waals surface area contributed by atoms with Crippen molar-refractivity contribution in [2.45, 2.75) is 102 Å². The third-order valence-corrected chi connectivity index (χ3v) is 14.4. The van der Waals surface area contributed by atoms with Crippen molar-refractivity contribution < 1.29 is 33.2 Å². The summed E-state index contributed by atoms with van der Waals surface area (Å²) < 4.78 is 17.7. The zero-order valence-electron chi connectivity index (χ0n) is 27.6. The van der Waals surface area contributed by atoms with Gasteiger partial charge in [-0.1, -0.05) is 27.7 Å². The van der Waals surface area contributed by atoms with Crippen molar-refractivity contribution in [1.29, 1.82) is 0 Å². The first-order chi connectivity index (χ1) is 20.9. The number of nitro groups is 1. The van der Waals surface area contributed by atoms with Gasteiger partial charge in [-0.05, 0) is 49.2 Å². The number of hydrogen-bond donors (Lipinski definition) is 3. The number of nitrogens with one attached hydrogen (secondary N) is 2. The van der Waals surface area contributed by atoms with Gasteiger partial charge in [0.1, 0.15) is 12.7 Å². The Bertz CT molecular complexity index is 1210. The largest absolute Gasteiger partial charge is 0.461 e. The molecule has 2 aliphatic heterocycles. The summed E-state index contributed by atoms with van der Waals surface area (Å²) >= 11 is 4.90. The Balaban J connectivity index is 1.75. The lowest BCUT2D eigenvalue weighted by molar-refractivity contribution is -0.384. The molecule has 2 fully saturated rings. The quantitative estimate of drug-likeness (QED) is 0.104. The summed E-state index contributed by atoms with van der Waals surface area (Å²) in [6.07, 6.45) is -0.773. The molecular weight excluding hydrogens is 619 g/mol. The first-order valence-electron chi connectivity index (χ1n) is 15.4. The zero-order valence-corrected chi connectivity index (χ0v) is 29.5. The molecule has 3 rings (SSSR count). The summed E-state index contributed by atoms with van der Waals surface area (Å²) in [4.78, 5) is 50.7. The minimum atomic E-state index is -2.18. The number of amides is 2. The van der Waals surface area contributed by atoms with E-state index in [1.807, 2.05) is 0 Å². The van der Waals surface area contributed by atoms with Gasteiger partial charge in [0.15, 0.2) is 8.32 Å². The highest BCUT2D eigenvalue weighted by Gasteiger charge is 2.47. The van der Waals surface area contributed by atoms with Crippen LogP contribution in [0.2, 0.25) is 18.1 Å². The number of nitrogens with zero attached hydrogens (tertiary/aromatic N) is 3. The molecule has 13 nitrogen and oxygen atoms in total. The maximum atomic E-state index is 13.6. The lowest BCUT2D eigenvalue weighted by Crippen LogP contribution is -2.63. The fourth-order valence-corrected chi connectivity index (χ4v) is 7.11. The monoisotopic (exact) mass is 667 g/mol. The molecule has 0 saturated carbocycles. The van der Waals surface area contributed by atoms with Crippen LogP contribution in [0.5, 0.6) is 0 Å². The molecule has 2 aliphatic rings. The minimum absolute atomic E-state index is 0.0387. The predicted molar refractivity (Wildman–Crippen MR) is 175 cm³/mol. The average Bonchev–Trinajstić information content (AvgIpc) is 3.37. The van der Waals surface area contributed by atoms with E-state index < -0.39 is 42.6 Å². The van der Waals surface area contributed by atoms with E-state index in [9.17, 15) is 24.5 Å². The number of benzene rings is 1. The van der Waals surface area contributed by atoms with E-state index >= 15 is 0 Å². The molecule has 2 saturated heterocycles. The van der Waals surface area contributed by atoms with Gasteiger partial charge in [0, 0.05) is 56.5 Å². The van der Waals surface area contributed by atoms with E-state index in [0.717, 1.165) is 0 Å². The molecule has 2 N–H and O–H groups in total. The third kappa shape index (κ3) is 9.64. The molecule has 45 heavy (non-hydrogen) atoms. The van der Waals surface area contributed by atoms with E-state index in [1.54, 1.807) is 35.9 Å². The summed E-state index contributed by atoms with van der Waals surface area (Å²) in [6.45, 7) is 17.7. The fraction of sp³-hybridized carbons (Fsp3) is 0.700. The normalized spacial score (nSPS) is 23.1. The second-order valence-electron chi connectivity index (χ2n) is 13.5. The molecule has 0 aliphatic carbocycles. The molecule has 0 spiro atoms. The summed E-state index contributed by atoms with van der Waals surface area (Å²) in [5.74, 6) is -1.25. The van der Waals surface area contributed by atoms with E-state index in [4.69, 9.17) is 26.5 Å². The smallest absolute Gasteiger partial charge is 0.410 e. The molecule has 252 valence electrons. The molecule has 0 aromatic heterocycles. The van der Waals surface area contributed by atoms with Crippen molar-refractivity contribution in [1.82, 2.24) is 20.7 Å². The number of carbonyl (C=O) groups excluding carboxylic acids is 3. The van der Waals surface area contributed by atoms with E-state index in [1.165, 1.54) is 19.1 Å². The van der Waals surface area contributed by atoms with Crippen molar-refractivity contribution >= 4 is 44.6 Å². The number of hydrogen-bond acceptors (Lipinski definition) is 11. The number of esters is 1. The zero-order chi connectivity index (χ0) is 33.7. The van der Waals surface area contributed by atoms with Crippen LogP contribution >= 0.6 is 12.6 Å². The van der Waals surface area contributed by atoms with Gasteiger partial charge in [-0.3, -0.25) is 25.1 Å². The lowest BCUT2D eigenvalue weighted by atomic mass is 9.98. The van der Waals surface area contributed by atoms with Crippen LogP contribution in [0.4, 0.5) is 10.5 Å². The maximum Gasteiger partial charge on any atom is 0.410 e. The van der Waals surface area contributed by atoms with Crippen LogP contribution in [0.15, 0.2) is 24.3 Å². The Morgan fingerprint density at radius 1 is 1.18 bits per heavy atom. The molecule has 1 aromatic rings. The lowest BCUT2D eigenvalue weighted by Gasteiger charge is -2.40. The molecule has 4 unspecified atom stereocenters. The number of hydrazine groups is 1. The van der Waals surface area contributed by atoms with Gasteiger partial charge < -0.3 is 24.1 Å². The topological polar surface area (TPSA) is 153 Å². The number of likely N-dealkylation sites (tertiary alicyclic amines) is 1. The molecule has 15 heteroatoms. The standard InChI is InChI=1S/C30H49N5O8SSi/c1-19(28(37)32-34-14-13-31-16-26(34)20(2)42-21(3)36)27(44)25-15-24(43-45(7,8)30(4,5)6)17-33(25)29(38)41-18-22-9-11-23(12-10-22)35(39)40/h9-12,19-20,24-27,31,44H,13-18H2,1-8H3,(H,32,37)/t19?,20?,24-,25-,26?,27?/m0/s1. The molecule has 0 bridgehead atoms. The van der Waals surface area contributed by atoms with Gasteiger partial charge >= 0.3 is 12.1 Å². The van der Waals surface area contributed by atoms with Gasteiger partial charge in [0.25, 0.3) is 5.69 Å². The highest BCUT2D eigenvalue weighted by Crippen LogP contribution is 2.40. The summed E-state index contributed by atoms with van der Waals surface area (Å²) in [5.41, 5.74) is 3.57. The number of carbonyl (C=O) groups is 3. The second kappa shape index (κ2) is 15.2. The van der Waals surface area contributed by atoms with Crippen molar-refractivity contribution in [3.05, 3.63) is 39.9 Å². The third-order valence-electron chi connectivity index (χ3n) is 9.07. The van der Waals surface area contributed by atoms with Crippen LogP contribution < -0.4 is 10.7 Å².